The van der Waals surface area contributed by atoms with Gasteiger partial charge >= 0.3 is 0 Å². The van der Waals surface area contributed by atoms with Crippen LogP contribution < -0.4 is 5.32 Å². The molecule has 2 heterocycles. The first-order valence-electron chi connectivity index (χ1n) is 8.08. The van der Waals surface area contributed by atoms with Gasteiger partial charge in [0.2, 0.25) is 5.91 Å². The molecule has 1 saturated heterocycles. The summed E-state index contributed by atoms with van der Waals surface area (Å²) in [5.41, 5.74) is 2.12. The Bertz CT molecular complexity index is 654. The van der Waals surface area contributed by atoms with E-state index in [1.807, 2.05) is 36.7 Å². The fourth-order valence-electron chi connectivity index (χ4n) is 2.79. The molecule has 2 aromatic rings. The molecule has 0 spiro atoms. The van der Waals surface area contributed by atoms with Gasteiger partial charge in [0.05, 0.1) is 6.54 Å². The topological polar surface area (TPSA) is 48.5 Å². The van der Waals surface area contributed by atoms with Gasteiger partial charge in [-0.05, 0) is 42.0 Å². The van der Waals surface area contributed by atoms with Gasteiger partial charge in [-0.3, -0.25) is 19.6 Å². The normalized spacial score (nSPS) is 16.0. The summed E-state index contributed by atoms with van der Waals surface area (Å²) < 4.78 is 1.01. The first-order chi connectivity index (χ1) is 11.7. The first-order valence-corrected chi connectivity index (χ1v) is 8.87. The van der Waals surface area contributed by atoms with Crippen molar-refractivity contribution in [1.29, 1.82) is 0 Å². The standard InChI is InChI=1S/C18H21BrN4O/c19-16-1-3-17(4-2-16)21-18(24)14-23-11-9-22(10-12-23)13-15-5-7-20-8-6-15/h1-8H,9-14H2,(H,21,24). The molecule has 1 aromatic heterocycles. The number of rotatable bonds is 5. The summed E-state index contributed by atoms with van der Waals surface area (Å²) in [6, 6.07) is 11.8. The smallest absolute Gasteiger partial charge is 0.238 e. The zero-order chi connectivity index (χ0) is 16.8. The maximum absolute atomic E-state index is 12.2. The number of hydrogen-bond donors (Lipinski definition) is 1. The van der Waals surface area contributed by atoms with Gasteiger partial charge in [0.25, 0.3) is 0 Å². The second-order valence-electron chi connectivity index (χ2n) is 5.96. The van der Waals surface area contributed by atoms with Gasteiger partial charge in [-0.1, -0.05) is 15.9 Å². The molecule has 126 valence electrons. The van der Waals surface area contributed by atoms with Crippen molar-refractivity contribution in [2.24, 2.45) is 0 Å². The summed E-state index contributed by atoms with van der Waals surface area (Å²) in [6.07, 6.45) is 3.66. The molecule has 1 fully saturated rings. The van der Waals surface area contributed by atoms with Gasteiger partial charge < -0.3 is 5.32 Å². The Labute approximate surface area is 150 Å². The summed E-state index contributed by atoms with van der Waals surface area (Å²) in [6.45, 7) is 5.18. The van der Waals surface area contributed by atoms with Gasteiger partial charge in [0.1, 0.15) is 0 Å². The molecule has 1 aliphatic heterocycles. The Morgan fingerprint density at radius 1 is 1.00 bits per heavy atom. The van der Waals surface area contributed by atoms with Crippen molar-refractivity contribution in [2.75, 3.05) is 38.0 Å². The van der Waals surface area contributed by atoms with Crippen LogP contribution >= 0.6 is 15.9 Å². The van der Waals surface area contributed by atoms with E-state index < -0.39 is 0 Å². The first kappa shape index (κ1) is 17.1. The lowest BCUT2D eigenvalue weighted by Crippen LogP contribution is -2.48. The molecule has 3 rings (SSSR count). The second-order valence-corrected chi connectivity index (χ2v) is 6.88. The highest BCUT2D eigenvalue weighted by Crippen LogP contribution is 2.14. The van der Waals surface area contributed by atoms with Crippen molar-refractivity contribution in [3.8, 4) is 0 Å². The maximum atomic E-state index is 12.2. The number of halogens is 1. The van der Waals surface area contributed by atoms with Gasteiger partial charge in [0.15, 0.2) is 0 Å². The number of amides is 1. The van der Waals surface area contributed by atoms with Crippen LogP contribution in [-0.2, 0) is 11.3 Å². The molecule has 5 nitrogen and oxygen atoms in total. The van der Waals surface area contributed by atoms with Gasteiger partial charge in [-0.2, -0.15) is 0 Å². The summed E-state index contributed by atoms with van der Waals surface area (Å²) in [5.74, 6) is 0.0416. The number of anilines is 1. The number of nitrogens with zero attached hydrogens (tertiary/aromatic N) is 3. The summed E-state index contributed by atoms with van der Waals surface area (Å²) in [5, 5.41) is 2.95. The van der Waals surface area contributed by atoms with Crippen molar-refractivity contribution in [3.63, 3.8) is 0 Å². The average molecular weight is 389 g/mol. The molecule has 1 aliphatic rings. The van der Waals surface area contributed by atoms with Crippen LogP contribution in [0.3, 0.4) is 0 Å². The monoisotopic (exact) mass is 388 g/mol. The Hall–Kier alpha value is -1.76. The van der Waals surface area contributed by atoms with E-state index in [-0.39, 0.29) is 5.91 Å². The minimum atomic E-state index is 0.0416. The van der Waals surface area contributed by atoms with E-state index in [4.69, 9.17) is 0 Å². The van der Waals surface area contributed by atoms with Crippen LogP contribution in [0.1, 0.15) is 5.56 Å². The number of pyridine rings is 1. The van der Waals surface area contributed by atoms with Gasteiger partial charge in [0, 0.05) is 55.3 Å². The lowest BCUT2D eigenvalue weighted by molar-refractivity contribution is -0.117. The Morgan fingerprint density at radius 3 is 2.29 bits per heavy atom. The molecule has 0 atom stereocenters. The van der Waals surface area contributed by atoms with Gasteiger partial charge in [-0.25, -0.2) is 0 Å². The zero-order valence-corrected chi connectivity index (χ0v) is 15.1. The third-order valence-electron chi connectivity index (χ3n) is 4.12. The third-order valence-corrected chi connectivity index (χ3v) is 4.64. The zero-order valence-electron chi connectivity index (χ0n) is 13.5. The molecule has 0 unspecified atom stereocenters. The number of hydrogen-bond acceptors (Lipinski definition) is 4. The molecule has 0 saturated carbocycles. The van der Waals surface area contributed by atoms with Gasteiger partial charge in [-0.15, -0.1) is 0 Å². The molecular formula is C18H21BrN4O. The lowest BCUT2D eigenvalue weighted by atomic mass is 10.2. The van der Waals surface area contributed by atoms with Crippen molar-refractivity contribution >= 4 is 27.5 Å². The summed E-state index contributed by atoms with van der Waals surface area (Å²) in [7, 11) is 0. The molecule has 0 radical (unpaired) electrons. The van der Waals surface area contributed by atoms with Crippen LogP contribution in [0.25, 0.3) is 0 Å². The highest BCUT2D eigenvalue weighted by Gasteiger charge is 2.19. The number of aromatic nitrogens is 1. The van der Waals surface area contributed by atoms with Crippen LogP contribution in [0, 0.1) is 0 Å². The molecular weight excluding hydrogens is 368 g/mol. The minimum Gasteiger partial charge on any atom is -0.325 e. The molecule has 1 N–H and O–H groups in total. The third kappa shape index (κ3) is 5.12. The van der Waals surface area contributed by atoms with Crippen LogP contribution in [-0.4, -0.2) is 53.4 Å². The molecule has 0 bridgehead atoms. The largest absolute Gasteiger partial charge is 0.325 e. The maximum Gasteiger partial charge on any atom is 0.238 e. The van der Waals surface area contributed by atoms with Crippen molar-refractivity contribution < 1.29 is 4.79 Å². The van der Waals surface area contributed by atoms with Crippen LogP contribution in [0.4, 0.5) is 5.69 Å². The second kappa shape index (κ2) is 8.37. The Balaban J connectivity index is 1.41. The van der Waals surface area contributed by atoms with Crippen molar-refractivity contribution in [2.45, 2.75) is 6.54 Å². The SMILES string of the molecule is O=C(CN1CCN(Cc2ccncc2)CC1)Nc1ccc(Br)cc1. The van der Waals surface area contributed by atoms with E-state index in [0.29, 0.717) is 6.54 Å². The number of carbonyl (C=O) groups is 1. The number of nitrogens with one attached hydrogen (secondary N) is 1. The minimum absolute atomic E-state index is 0.0416. The van der Waals surface area contributed by atoms with Crippen molar-refractivity contribution in [1.82, 2.24) is 14.8 Å². The molecule has 6 heteroatoms. The molecule has 0 aliphatic carbocycles. The quantitative estimate of drug-likeness (QED) is 0.854. The molecule has 1 amide bonds. The summed E-state index contributed by atoms with van der Waals surface area (Å²) in [4.78, 5) is 20.8. The van der Waals surface area contributed by atoms with E-state index in [9.17, 15) is 4.79 Å². The fraction of sp³-hybridized carbons (Fsp3) is 0.333. The number of carbonyl (C=O) groups excluding carboxylic acids is 1. The molecule has 1 aromatic carbocycles. The predicted molar refractivity (Wildman–Crippen MR) is 98.7 cm³/mol. The fourth-order valence-corrected chi connectivity index (χ4v) is 3.05. The average Bonchev–Trinajstić information content (AvgIpc) is 2.60. The van der Waals surface area contributed by atoms with E-state index in [1.165, 1.54) is 5.56 Å². The van der Waals surface area contributed by atoms with Crippen LogP contribution in [0.5, 0.6) is 0 Å². The lowest BCUT2D eigenvalue weighted by Gasteiger charge is -2.34. The van der Waals surface area contributed by atoms with Crippen LogP contribution in [0.15, 0.2) is 53.3 Å². The van der Waals surface area contributed by atoms with Crippen LogP contribution in [0.2, 0.25) is 0 Å². The number of benzene rings is 1. The summed E-state index contributed by atoms with van der Waals surface area (Å²) >= 11 is 3.39. The number of piperazine rings is 1. The predicted octanol–water partition coefficient (Wildman–Crippen LogP) is 2.60. The van der Waals surface area contributed by atoms with E-state index >= 15 is 0 Å². The molecule has 24 heavy (non-hydrogen) atoms. The highest BCUT2D eigenvalue weighted by atomic mass is 79.9. The van der Waals surface area contributed by atoms with E-state index in [0.717, 1.165) is 42.9 Å². The highest BCUT2D eigenvalue weighted by molar-refractivity contribution is 9.10. The van der Waals surface area contributed by atoms with E-state index in [2.05, 4.69) is 48.2 Å². The Morgan fingerprint density at radius 2 is 1.62 bits per heavy atom. The van der Waals surface area contributed by atoms with E-state index in [1.54, 1.807) is 0 Å². The Kier molecular flexibility index (Phi) is 5.96. The van der Waals surface area contributed by atoms with Crippen molar-refractivity contribution in [3.05, 3.63) is 58.8 Å².